The minimum atomic E-state index is -0.321. The lowest BCUT2D eigenvalue weighted by atomic mass is 9.61. The largest absolute Gasteiger partial charge is 0.472 e. The van der Waals surface area contributed by atoms with Crippen molar-refractivity contribution in [3.8, 4) is 0 Å². The first-order valence-electron chi connectivity index (χ1n) is 6.29. The summed E-state index contributed by atoms with van der Waals surface area (Å²) in [5, 5.41) is 0. The van der Waals surface area contributed by atoms with Crippen LogP contribution in [-0.4, -0.2) is 11.8 Å². The van der Waals surface area contributed by atoms with E-state index in [0.717, 1.165) is 5.56 Å². The molecule has 2 aliphatic rings. The number of esters is 1. The third kappa shape index (κ3) is 1.38. The molecule has 1 saturated carbocycles. The summed E-state index contributed by atoms with van der Waals surface area (Å²) in [6.45, 7) is 3.88. The third-order valence-electron chi connectivity index (χ3n) is 4.56. The number of furan rings is 1. The summed E-state index contributed by atoms with van der Waals surface area (Å²) in [4.78, 5) is 23.9. The van der Waals surface area contributed by atoms with E-state index >= 15 is 0 Å². The Morgan fingerprint density at radius 2 is 2.17 bits per heavy atom. The third-order valence-corrected chi connectivity index (χ3v) is 4.56. The molecule has 96 valence electrons. The van der Waals surface area contributed by atoms with Gasteiger partial charge in [0.1, 0.15) is 11.9 Å². The van der Waals surface area contributed by atoms with E-state index < -0.39 is 0 Å². The lowest BCUT2D eigenvalue weighted by Crippen LogP contribution is -2.41. The number of cyclic esters (lactones) is 1. The highest BCUT2D eigenvalue weighted by molar-refractivity contribution is 5.89. The van der Waals surface area contributed by atoms with Gasteiger partial charge >= 0.3 is 5.97 Å². The maximum Gasteiger partial charge on any atom is 0.311 e. The molecule has 0 bridgehead atoms. The molecule has 1 aromatic rings. The van der Waals surface area contributed by atoms with Gasteiger partial charge in [0.15, 0.2) is 0 Å². The second kappa shape index (κ2) is 3.70. The predicted octanol–water partition coefficient (Wildman–Crippen LogP) is 2.50. The van der Waals surface area contributed by atoms with Gasteiger partial charge < -0.3 is 9.15 Å². The van der Waals surface area contributed by atoms with Gasteiger partial charge in [0.2, 0.25) is 0 Å². The molecule has 1 saturated heterocycles. The summed E-state index contributed by atoms with van der Waals surface area (Å²) in [5.41, 5.74) is 0.587. The molecule has 4 atom stereocenters. The Morgan fingerprint density at radius 1 is 1.39 bits per heavy atom. The maximum atomic E-state index is 12.1. The van der Waals surface area contributed by atoms with Crippen molar-refractivity contribution in [1.29, 1.82) is 0 Å². The van der Waals surface area contributed by atoms with Gasteiger partial charge in [-0.2, -0.15) is 0 Å². The van der Waals surface area contributed by atoms with Crippen molar-refractivity contribution in [2.75, 3.05) is 0 Å². The van der Waals surface area contributed by atoms with Crippen molar-refractivity contribution in [1.82, 2.24) is 0 Å². The van der Waals surface area contributed by atoms with E-state index in [1.165, 1.54) is 0 Å². The number of ketones is 1. The number of ether oxygens (including phenoxy) is 1. The number of hydrogen-bond donors (Lipinski definition) is 0. The molecule has 4 heteroatoms. The van der Waals surface area contributed by atoms with Crippen LogP contribution in [0.3, 0.4) is 0 Å². The normalized spacial score (nSPS) is 39.6. The predicted molar refractivity (Wildman–Crippen MR) is 62.5 cm³/mol. The van der Waals surface area contributed by atoms with Crippen molar-refractivity contribution in [3.63, 3.8) is 0 Å². The Balaban J connectivity index is 2.02. The zero-order valence-electron chi connectivity index (χ0n) is 10.5. The average molecular weight is 248 g/mol. The van der Waals surface area contributed by atoms with Crippen molar-refractivity contribution in [2.45, 2.75) is 32.8 Å². The van der Waals surface area contributed by atoms with E-state index in [4.69, 9.17) is 9.15 Å². The lowest BCUT2D eigenvalue weighted by Gasteiger charge is -2.38. The molecule has 1 aromatic heterocycles. The standard InChI is InChI=1S/C14H16O4/c1-8-10(15)3-5-14(2)11(8)13(16)18-12(14)9-4-6-17-7-9/h4,6-8,11-12H,3,5H2,1-2H3. The monoisotopic (exact) mass is 248 g/mol. The van der Waals surface area contributed by atoms with E-state index in [1.54, 1.807) is 12.5 Å². The lowest BCUT2D eigenvalue weighted by molar-refractivity contribution is -0.147. The van der Waals surface area contributed by atoms with Gasteiger partial charge in [-0.15, -0.1) is 0 Å². The molecule has 0 aromatic carbocycles. The molecule has 0 radical (unpaired) electrons. The van der Waals surface area contributed by atoms with E-state index in [2.05, 4.69) is 0 Å². The molecule has 18 heavy (non-hydrogen) atoms. The first kappa shape index (κ1) is 11.5. The van der Waals surface area contributed by atoms with Gasteiger partial charge in [-0.1, -0.05) is 13.8 Å². The van der Waals surface area contributed by atoms with Gasteiger partial charge in [-0.05, 0) is 12.5 Å². The molecule has 4 nitrogen and oxygen atoms in total. The van der Waals surface area contributed by atoms with Crippen LogP contribution in [0.5, 0.6) is 0 Å². The molecular formula is C14H16O4. The minimum absolute atomic E-state index is 0.169. The Bertz CT molecular complexity index is 490. The maximum absolute atomic E-state index is 12.1. The number of fused-ring (bicyclic) bond motifs is 1. The van der Waals surface area contributed by atoms with Crippen molar-refractivity contribution in [3.05, 3.63) is 24.2 Å². The molecule has 3 rings (SSSR count). The topological polar surface area (TPSA) is 56.5 Å². The molecular weight excluding hydrogens is 232 g/mol. The van der Waals surface area contributed by atoms with E-state index in [9.17, 15) is 9.59 Å². The van der Waals surface area contributed by atoms with Crippen LogP contribution < -0.4 is 0 Å². The highest BCUT2D eigenvalue weighted by atomic mass is 16.6. The second-order valence-electron chi connectivity index (χ2n) is 5.61. The van der Waals surface area contributed by atoms with Crippen LogP contribution in [0.4, 0.5) is 0 Å². The van der Waals surface area contributed by atoms with Gasteiger partial charge in [-0.25, -0.2) is 0 Å². The molecule has 0 spiro atoms. The van der Waals surface area contributed by atoms with E-state index in [1.807, 2.05) is 19.9 Å². The summed E-state index contributed by atoms with van der Waals surface area (Å²) in [7, 11) is 0. The average Bonchev–Trinajstić information content (AvgIpc) is 2.92. The Kier molecular flexibility index (Phi) is 2.37. The minimum Gasteiger partial charge on any atom is -0.472 e. The van der Waals surface area contributed by atoms with Crippen LogP contribution in [0.2, 0.25) is 0 Å². The fourth-order valence-electron chi connectivity index (χ4n) is 3.50. The number of hydrogen-bond acceptors (Lipinski definition) is 4. The van der Waals surface area contributed by atoms with Gasteiger partial charge in [0.05, 0.1) is 18.4 Å². The molecule has 1 aliphatic carbocycles. The Labute approximate surface area is 105 Å². The van der Waals surface area contributed by atoms with Crippen LogP contribution in [0.15, 0.2) is 23.0 Å². The van der Waals surface area contributed by atoms with Crippen LogP contribution in [0, 0.1) is 17.3 Å². The Hall–Kier alpha value is -1.58. The van der Waals surface area contributed by atoms with Crippen LogP contribution in [0.25, 0.3) is 0 Å². The molecule has 2 heterocycles. The van der Waals surface area contributed by atoms with Gasteiger partial charge in [0.25, 0.3) is 0 Å². The Morgan fingerprint density at radius 3 is 2.83 bits per heavy atom. The SMILES string of the molecule is CC1C(=O)CCC2(C)C(c3ccoc3)OC(=O)C12. The first-order chi connectivity index (χ1) is 8.54. The fraction of sp³-hybridized carbons (Fsp3) is 0.571. The van der Waals surface area contributed by atoms with Crippen molar-refractivity contribution in [2.24, 2.45) is 17.3 Å². The molecule has 0 amide bonds. The molecule has 4 unspecified atom stereocenters. The van der Waals surface area contributed by atoms with Crippen LogP contribution in [-0.2, 0) is 14.3 Å². The van der Waals surface area contributed by atoms with Crippen LogP contribution in [0.1, 0.15) is 38.4 Å². The fourth-order valence-corrected chi connectivity index (χ4v) is 3.50. The van der Waals surface area contributed by atoms with Crippen LogP contribution >= 0.6 is 0 Å². The summed E-state index contributed by atoms with van der Waals surface area (Å²) in [5.74, 6) is -0.640. The zero-order chi connectivity index (χ0) is 12.9. The zero-order valence-corrected chi connectivity index (χ0v) is 10.5. The molecule has 0 N–H and O–H groups in total. The second-order valence-corrected chi connectivity index (χ2v) is 5.61. The molecule has 2 fully saturated rings. The highest BCUT2D eigenvalue weighted by Crippen LogP contribution is 2.57. The summed E-state index contributed by atoms with van der Waals surface area (Å²) in [6.07, 6.45) is 4.13. The quantitative estimate of drug-likeness (QED) is 0.716. The number of carbonyl (C=O) groups is 2. The molecule has 1 aliphatic heterocycles. The van der Waals surface area contributed by atoms with Crippen molar-refractivity contribution < 1.29 is 18.7 Å². The number of carbonyl (C=O) groups excluding carboxylic acids is 2. The number of Topliss-reactive ketones (excluding diaryl/α,β-unsaturated/α-hetero) is 1. The summed E-state index contributed by atoms with van der Waals surface area (Å²) in [6, 6.07) is 1.83. The van der Waals surface area contributed by atoms with E-state index in [0.29, 0.717) is 12.8 Å². The van der Waals surface area contributed by atoms with Gasteiger partial charge in [-0.3, -0.25) is 9.59 Å². The van der Waals surface area contributed by atoms with Gasteiger partial charge in [0, 0.05) is 23.3 Å². The smallest absolute Gasteiger partial charge is 0.311 e. The number of rotatable bonds is 1. The first-order valence-corrected chi connectivity index (χ1v) is 6.29. The van der Waals surface area contributed by atoms with Crippen molar-refractivity contribution >= 4 is 11.8 Å². The highest BCUT2D eigenvalue weighted by Gasteiger charge is 2.59. The summed E-state index contributed by atoms with van der Waals surface area (Å²) >= 11 is 0. The van der Waals surface area contributed by atoms with E-state index in [-0.39, 0.29) is 35.1 Å². The summed E-state index contributed by atoms with van der Waals surface area (Å²) < 4.78 is 10.6.